The van der Waals surface area contributed by atoms with Crippen LogP contribution >= 0.6 is 0 Å². The van der Waals surface area contributed by atoms with Crippen molar-refractivity contribution in [2.45, 2.75) is 45.7 Å². The van der Waals surface area contributed by atoms with Crippen LogP contribution in [0.15, 0.2) is 18.4 Å². The van der Waals surface area contributed by atoms with E-state index in [0.717, 1.165) is 13.0 Å². The van der Waals surface area contributed by atoms with E-state index in [1.54, 1.807) is 0 Å². The molecule has 2 N–H and O–H groups in total. The van der Waals surface area contributed by atoms with Gasteiger partial charge in [0.2, 0.25) is 0 Å². The highest BCUT2D eigenvalue weighted by molar-refractivity contribution is 4.96. The van der Waals surface area contributed by atoms with Gasteiger partial charge in [-0.3, -0.25) is 0 Å². The third kappa shape index (κ3) is 5.17. The van der Waals surface area contributed by atoms with Crippen LogP contribution in [0.4, 0.5) is 0 Å². The van der Waals surface area contributed by atoms with E-state index in [4.69, 9.17) is 5.73 Å². The van der Waals surface area contributed by atoms with Crippen LogP contribution in [0.5, 0.6) is 0 Å². The summed E-state index contributed by atoms with van der Waals surface area (Å²) in [6, 6.07) is 0.539. The molecule has 1 fully saturated rings. The Morgan fingerprint density at radius 3 is 2.20 bits per heavy atom. The molecule has 1 aliphatic heterocycles. The number of likely N-dealkylation sites (N-methyl/N-ethyl adjacent to an activating group) is 1. The Bertz CT molecular complexity index is 225. The molecule has 0 aromatic rings. The summed E-state index contributed by atoms with van der Waals surface area (Å²) in [6.45, 7) is 13.1. The van der Waals surface area contributed by atoms with Crippen LogP contribution in [-0.4, -0.2) is 30.1 Å². The molecule has 0 saturated carbocycles. The van der Waals surface area contributed by atoms with Crippen molar-refractivity contribution >= 4 is 0 Å². The normalized spacial score (nSPS) is 30.7. The maximum atomic E-state index is 5.97. The van der Waals surface area contributed by atoms with Crippen molar-refractivity contribution in [3.63, 3.8) is 0 Å². The van der Waals surface area contributed by atoms with E-state index in [9.17, 15) is 0 Å². The summed E-state index contributed by atoms with van der Waals surface area (Å²) in [5.41, 5.74) is 8.71. The van der Waals surface area contributed by atoms with E-state index >= 15 is 0 Å². The highest BCUT2D eigenvalue weighted by atomic mass is 15.2. The maximum Gasteiger partial charge on any atom is 0.0292 e. The molecule has 2 atom stereocenters. The van der Waals surface area contributed by atoms with Crippen molar-refractivity contribution in [1.82, 2.24) is 4.90 Å². The maximum absolute atomic E-state index is 5.97. The number of nitrogens with two attached hydrogens (primary N) is 1. The van der Waals surface area contributed by atoms with Crippen molar-refractivity contribution in [1.29, 1.82) is 0 Å². The van der Waals surface area contributed by atoms with Crippen LogP contribution in [0.1, 0.15) is 34.1 Å². The molecule has 0 spiro atoms. The predicted octanol–water partition coefficient (Wildman–Crippen LogP) is 2.41. The van der Waals surface area contributed by atoms with E-state index in [1.165, 1.54) is 0 Å². The summed E-state index contributed by atoms with van der Waals surface area (Å²) in [5, 5.41) is 0. The molecule has 1 saturated heterocycles. The van der Waals surface area contributed by atoms with E-state index in [-0.39, 0.29) is 5.54 Å². The second-order valence-corrected chi connectivity index (χ2v) is 5.03. The summed E-state index contributed by atoms with van der Waals surface area (Å²) < 4.78 is 0. The van der Waals surface area contributed by atoms with Gasteiger partial charge < -0.3 is 10.6 Å². The highest BCUT2D eigenvalue weighted by Gasteiger charge is 2.35. The van der Waals surface area contributed by atoms with Crippen LogP contribution in [0.25, 0.3) is 0 Å². The molecule has 2 unspecified atom stereocenters. The van der Waals surface area contributed by atoms with Crippen LogP contribution in [0.2, 0.25) is 0 Å². The van der Waals surface area contributed by atoms with Crippen LogP contribution in [-0.2, 0) is 0 Å². The molecule has 1 heterocycles. The molecule has 15 heavy (non-hydrogen) atoms. The summed E-state index contributed by atoms with van der Waals surface area (Å²) >= 11 is 0. The quantitative estimate of drug-likeness (QED) is 0.673. The number of allylic oxidation sites excluding steroid dienone is 1. The fraction of sp³-hybridized carbons (Fsp3) is 0.769. The fourth-order valence-corrected chi connectivity index (χ4v) is 1.56. The average molecular weight is 210 g/mol. The molecule has 2 heteroatoms. The molecule has 2 nitrogen and oxygen atoms in total. The monoisotopic (exact) mass is 210 g/mol. The molecule has 0 bridgehead atoms. The van der Waals surface area contributed by atoms with E-state index < -0.39 is 0 Å². The zero-order valence-corrected chi connectivity index (χ0v) is 10.9. The third-order valence-electron chi connectivity index (χ3n) is 3.07. The van der Waals surface area contributed by atoms with Gasteiger partial charge in [-0.1, -0.05) is 20.4 Å². The van der Waals surface area contributed by atoms with Gasteiger partial charge >= 0.3 is 0 Å². The van der Waals surface area contributed by atoms with Crippen LogP contribution < -0.4 is 5.73 Å². The molecule has 0 amide bonds. The Balaban J connectivity index is 0.000000288. The molecule has 1 rings (SSSR count). The van der Waals surface area contributed by atoms with Gasteiger partial charge in [-0.15, -0.1) is 5.73 Å². The van der Waals surface area contributed by atoms with E-state index in [2.05, 4.69) is 52.0 Å². The molecular weight excluding hydrogens is 184 g/mol. The topological polar surface area (TPSA) is 29.3 Å². The lowest BCUT2D eigenvalue weighted by Gasteiger charge is -2.26. The molecule has 1 aliphatic rings. The van der Waals surface area contributed by atoms with Crippen molar-refractivity contribution in [3.05, 3.63) is 18.4 Å². The average Bonchev–Trinajstić information content (AvgIpc) is 2.34. The minimum atomic E-state index is 0.0503. The van der Waals surface area contributed by atoms with Gasteiger partial charge in [0.25, 0.3) is 0 Å². The van der Waals surface area contributed by atoms with Crippen molar-refractivity contribution in [2.24, 2.45) is 11.7 Å². The van der Waals surface area contributed by atoms with Gasteiger partial charge in [-0.2, -0.15) is 0 Å². The first kappa shape index (κ1) is 14.4. The molecule has 0 radical (unpaired) electrons. The van der Waals surface area contributed by atoms with E-state index in [1.807, 2.05) is 6.08 Å². The van der Waals surface area contributed by atoms with E-state index in [0.29, 0.717) is 12.0 Å². The van der Waals surface area contributed by atoms with Crippen LogP contribution in [0, 0.1) is 5.92 Å². The lowest BCUT2D eigenvalue weighted by Crippen LogP contribution is -2.46. The lowest BCUT2D eigenvalue weighted by molar-refractivity contribution is 0.277. The Labute approximate surface area is 94.8 Å². The number of likely N-dealkylation sites (tertiary alicyclic amines) is 1. The molecule has 88 valence electrons. The van der Waals surface area contributed by atoms with Gasteiger partial charge in [-0.05, 0) is 45.9 Å². The lowest BCUT2D eigenvalue weighted by atomic mass is 9.96. The largest absolute Gasteiger partial charge is 0.324 e. The minimum absolute atomic E-state index is 0.0503. The van der Waals surface area contributed by atoms with Crippen molar-refractivity contribution in [3.8, 4) is 0 Å². The Morgan fingerprint density at radius 1 is 1.60 bits per heavy atom. The van der Waals surface area contributed by atoms with Gasteiger partial charge in [0, 0.05) is 11.6 Å². The minimum Gasteiger partial charge on any atom is -0.324 e. The summed E-state index contributed by atoms with van der Waals surface area (Å²) in [5.74, 6) is 0.600. The smallest absolute Gasteiger partial charge is 0.0292 e. The molecule has 0 aliphatic carbocycles. The standard InChI is InChI=1S/C7H16N2.C6H10/c1-6-7(2,8)4-5-9(6)3;1-4-5-6(2)3/h6H,4-5,8H2,1-3H3;5-6H,1H2,2-3H3. The van der Waals surface area contributed by atoms with Gasteiger partial charge in [0.1, 0.15) is 0 Å². The molecule has 0 aromatic carbocycles. The first-order valence-corrected chi connectivity index (χ1v) is 5.66. The molecular formula is C13H26N2. The number of rotatable bonds is 1. The highest BCUT2D eigenvalue weighted by Crippen LogP contribution is 2.23. The summed E-state index contributed by atoms with van der Waals surface area (Å²) in [7, 11) is 2.13. The Kier molecular flexibility index (Phi) is 5.89. The number of hydrogen-bond acceptors (Lipinski definition) is 2. The van der Waals surface area contributed by atoms with Crippen LogP contribution in [0.3, 0.4) is 0 Å². The second-order valence-electron chi connectivity index (χ2n) is 5.03. The number of hydrogen-bond donors (Lipinski definition) is 1. The van der Waals surface area contributed by atoms with Crippen molar-refractivity contribution < 1.29 is 0 Å². The third-order valence-corrected chi connectivity index (χ3v) is 3.07. The second kappa shape index (κ2) is 6.12. The zero-order valence-electron chi connectivity index (χ0n) is 10.9. The van der Waals surface area contributed by atoms with Gasteiger partial charge in [0.05, 0.1) is 0 Å². The Hall–Kier alpha value is -0.560. The van der Waals surface area contributed by atoms with Gasteiger partial charge in [0.15, 0.2) is 0 Å². The van der Waals surface area contributed by atoms with Gasteiger partial charge in [-0.25, -0.2) is 0 Å². The first-order chi connectivity index (χ1) is 6.81. The number of nitrogens with zero attached hydrogens (tertiary/aromatic N) is 1. The Morgan fingerprint density at radius 2 is 2.13 bits per heavy atom. The first-order valence-electron chi connectivity index (χ1n) is 5.66. The predicted molar refractivity (Wildman–Crippen MR) is 67.8 cm³/mol. The zero-order chi connectivity index (χ0) is 12.1. The molecule has 0 aromatic heterocycles. The summed E-state index contributed by atoms with van der Waals surface area (Å²) in [6.07, 6.45) is 3.06. The SMILES string of the molecule is C=C=CC(C)C.CC1N(C)CCC1(C)N. The fourth-order valence-electron chi connectivity index (χ4n) is 1.56. The summed E-state index contributed by atoms with van der Waals surface area (Å²) in [4.78, 5) is 2.31. The van der Waals surface area contributed by atoms with Crippen molar-refractivity contribution in [2.75, 3.05) is 13.6 Å².